The summed E-state index contributed by atoms with van der Waals surface area (Å²) in [4.78, 5) is 20.4. The number of nitrogens with one attached hydrogen (secondary N) is 1. The molecule has 4 rings (SSSR count). The number of H-pyrrole nitrogens is 1. The van der Waals surface area contributed by atoms with Crippen molar-refractivity contribution in [3.05, 3.63) is 69.7 Å². The van der Waals surface area contributed by atoms with E-state index in [1.807, 2.05) is 42.5 Å². The van der Waals surface area contributed by atoms with E-state index in [1.165, 1.54) is 0 Å². The van der Waals surface area contributed by atoms with Gasteiger partial charge in [0, 0.05) is 22.5 Å². The molecule has 0 atom stereocenters. The second kappa shape index (κ2) is 6.26. The summed E-state index contributed by atoms with van der Waals surface area (Å²) in [6, 6.07) is 13.3. The third-order valence-corrected chi connectivity index (χ3v) is 4.59. The molecule has 4 aromatic rings. The standard InChI is InChI=1S/C19H16ClN3O2/c1-25-14-6-7-16-15(10-14)17-18(22-16)19(24)23(11-21-17)9-8-12-2-4-13(20)5-3-12/h2-7,10-11,22H,8-9H2,1H3. The summed E-state index contributed by atoms with van der Waals surface area (Å²) >= 11 is 5.90. The Morgan fingerprint density at radius 1 is 1.20 bits per heavy atom. The van der Waals surface area contributed by atoms with Crippen molar-refractivity contribution in [1.82, 2.24) is 14.5 Å². The number of ether oxygens (including phenoxy) is 1. The largest absolute Gasteiger partial charge is 0.497 e. The van der Waals surface area contributed by atoms with Gasteiger partial charge in [0.25, 0.3) is 5.56 Å². The highest BCUT2D eigenvalue weighted by Crippen LogP contribution is 2.25. The molecule has 25 heavy (non-hydrogen) atoms. The highest BCUT2D eigenvalue weighted by molar-refractivity contribution is 6.30. The van der Waals surface area contributed by atoms with Gasteiger partial charge >= 0.3 is 0 Å². The van der Waals surface area contributed by atoms with Crippen LogP contribution >= 0.6 is 11.6 Å². The third-order valence-electron chi connectivity index (χ3n) is 4.33. The van der Waals surface area contributed by atoms with E-state index in [-0.39, 0.29) is 5.56 Å². The monoisotopic (exact) mass is 353 g/mol. The number of fused-ring (bicyclic) bond motifs is 3. The van der Waals surface area contributed by atoms with E-state index >= 15 is 0 Å². The van der Waals surface area contributed by atoms with Crippen molar-refractivity contribution in [2.75, 3.05) is 7.11 Å². The Morgan fingerprint density at radius 3 is 2.76 bits per heavy atom. The maximum atomic E-state index is 12.8. The zero-order valence-electron chi connectivity index (χ0n) is 13.6. The lowest BCUT2D eigenvalue weighted by molar-refractivity contribution is 0.415. The highest BCUT2D eigenvalue weighted by Gasteiger charge is 2.11. The van der Waals surface area contributed by atoms with Gasteiger partial charge in [-0.15, -0.1) is 0 Å². The van der Waals surface area contributed by atoms with Crippen LogP contribution in [0.3, 0.4) is 0 Å². The van der Waals surface area contributed by atoms with Gasteiger partial charge in [0.15, 0.2) is 0 Å². The maximum Gasteiger partial charge on any atom is 0.277 e. The molecule has 0 radical (unpaired) electrons. The van der Waals surface area contributed by atoms with Gasteiger partial charge in [-0.05, 0) is 42.3 Å². The fraction of sp³-hybridized carbons (Fsp3) is 0.158. The number of aromatic amines is 1. The van der Waals surface area contributed by atoms with Crippen LogP contribution < -0.4 is 10.3 Å². The van der Waals surface area contributed by atoms with Crippen LogP contribution in [0, 0.1) is 0 Å². The number of hydrogen-bond donors (Lipinski definition) is 1. The molecule has 0 unspecified atom stereocenters. The van der Waals surface area contributed by atoms with Crippen LogP contribution in [0.25, 0.3) is 21.9 Å². The average molecular weight is 354 g/mol. The third kappa shape index (κ3) is 2.87. The molecule has 0 spiro atoms. The lowest BCUT2D eigenvalue weighted by Crippen LogP contribution is -2.21. The molecule has 0 amide bonds. The lowest BCUT2D eigenvalue weighted by atomic mass is 10.1. The molecular weight excluding hydrogens is 338 g/mol. The number of nitrogens with zero attached hydrogens (tertiary/aromatic N) is 2. The maximum absolute atomic E-state index is 12.8. The minimum absolute atomic E-state index is 0.0749. The first-order valence-electron chi connectivity index (χ1n) is 7.95. The minimum Gasteiger partial charge on any atom is -0.497 e. The summed E-state index contributed by atoms with van der Waals surface area (Å²) in [6.45, 7) is 0.558. The first-order valence-corrected chi connectivity index (χ1v) is 8.33. The summed E-state index contributed by atoms with van der Waals surface area (Å²) in [5, 5.41) is 1.59. The fourth-order valence-electron chi connectivity index (χ4n) is 2.96. The predicted molar refractivity (Wildman–Crippen MR) is 99.6 cm³/mol. The molecule has 6 heteroatoms. The number of methoxy groups -OCH3 is 1. The van der Waals surface area contributed by atoms with Crippen molar-refractivity contribution in [1.29, 1.82) is 0 Å². The summed E-state index contributed by atoms with van der Waals surface area (Å²) in [7, 11) is 1.62. The second-order valence-corrected chi connectivity index (χ2v) is 6.32. The van der Waals surface area contributed by atoms with Gasteiger partial charge in [-0.25, -0.2) is 4.98 Å². The molecule has 1 N–H and O–H groups in total. The normalized spacial score (nSPS) is 11.3. The molecule has 0 fully saturated rings. The van der Waals surface area contributed by atoms with Crippen molar-refractivity contribution in [3.8, 4) is 5.75 Å². The topological polar surface area (TPSA) is 59.9 Å². The van der Waals surface area contributed by atoms with Crippen molar-refractivity contribution in [2.24, 2.45) is 0 Å². The Balaban J connectivity index is 1.71. The van der Waals surface area contributed by atoms with Crippen LogP contribution in [0.5, 0.6) is 5.75 Å². The number of hydrogen-bond acceptors (Lipinski definition) is 3. The first kappa shape index (κ1) is 15.7. The molecule has 2 aromatic heterocycles. The molecule has 5 nitrogen and oxygen atoms in total. The zero-order valence-corrected chi connectivity index (χ0v) is 14.4. The number of halogens is 1. The van der Waals surface area contributed by atoms with Crippen LogP contribution in [-0.2, 0) is 13.0 Å². The molecule has 0 saturated heterocycles. The Labute approximate surface area is 148 Å². The minimum atomic E-state index is -0.0749. The summed E-state index contributed by atoms with van der Waals surface area (Å²) in [5.41, 5.74) is 3.10. The first-order chi connectivity index (χ1) is 12.2. The number of rotatable bonds is 4. The quantitative estimate of drug-likeness (QED) is 0.607. The van der Waals surface area contributed by atoms with Crippen LogP contribution in [0.1, 0.15) is 5.56 Å². The van der Waals surface area contributed by atoms with Crippen molar-refractivity contribution < 1.29 is 4.74 Å². The van der Waals surface area contributed by atoms with Crippen LogP contribution in [0.2, 0.25) is 5.02 Å². The predicted octanol–water partition coefficient (Wildman–Crippen LogP) is 3.78. The van der Waals surface area contributed by atoms with Gasteiger partial charge in [0.05, 0.1) is 13.4 Å². The van der Waals surface area contributed by atoms with Crippen LogP contribution in [-0.4, -0.2) is 21.6 Å². The van der Waals surface area contributed by atoms with Crippen molar-refractivity contribution >= 4 is 33.5 Å². The Kier molecular flexibility index (Phi) is 3.93. The van der Waals surface area contributed by atoms with Gasteiger partial charge < -0.3 is 9.72 Å². The van der Waals surface area contributed by atoms with E-state index in [2.05, 4.69) is 9.97 Å². The van der Waals surface area contributed by atoms with E-state index in [0.717, 1.165) is 28.6 Å². The van der Waals surface area contributed by atoms with E-state index in [9.17, 15) is 4.79 Å². The van der Waals surface area contributed by atoms with Crippen LogP contribution in [0.4, 0.5) is 0 Å². The number of benzene rings is 2. The van der Waals surface area contributed by atoms with E-state index < -0.39 is 0 Å². The van der Waals surface area contributed by atoms with Gasteiger partial charge in [0.1, 0.15) is 16.8 Å². The number of aromatic nitrogens is 3. The average Bonchev–Trinajstić information content (AvgIpc) is 3.01. The molecule has 2 aromatic carbocycles. The van der Waals surface area contributed by atoms with E-state index in [4.69, 9.17) is 16.3 Å². The highest BCUT2D eigenvalue weighted by atomic mass is 35.5. The molecule has 126 valence electrons. The van der Waals surface area contributed by atoms with Gasteiger partial charge in [-0.1, -0.05) is 23.7 Å². The molecule has 0 aliphatic rings. The Morgan fingerprint density at radius 2 is 2.00 bits per heavy atom. The van der Waals surface area contributed by atoms with Crippen molar-refractivity contribution in [2.45, 2.75) is 13.0 Å². The SMILES string of the molecule is COc1ccc2[nH]c3c(=O)n(CCc4ccc(Cl)cc4)cnc3c2c1. The van der Waals surface area contributed by atoms with Gasteiger partial charge in [-0.2, -0.15) is 0 Å². The molecular formula is C19H16ClN3O2. The lowest BCUT2D eigenvalue weighted by Gasteiger charge is -2.05. The smallest absolute Gasteiger partial charge is 0.277 e. The fourth-order valence-corrected chi connectivity index (χ4v) is 3.08. The van der Waals surface area contributed by atoms with Gasteiger partial charge in [0.2, 0.25) is 0 Å². The number of aryl methyl sites for hydroxylation is 2. The van der Waals surface area contributed by atoms with Crippen LogP contribution in [0.15, 0.2) is 53.6 Å². The summed E-state index contributed by atoms with van der Waals surface area (Å²) < 4.78 is 6.88. The zero-order chi connectivity index (χ0) is 17.4. The Bertz CT molecular complexity index is 1110. The molecule has 0 bridgehead atoms. The Hall–Kier alpha value is -2.79. The van der Waals surface area contributed by atoms with Crippen molar-refractivity contribution in [3.63, 3.8) is 0 Å². The molecule has 2 heterocycles. The molecule has 0 aliphatic heterocycles. The second-order valence-electron chi connectivity index (χ2n) is 5.88. The molecule has 0 aliphatic carbocycles. The van der Waals surface area contributed by atoms with E-state index in [0.29, 0.717) is 22.6 Å². The summed E-state index contributed by atoms with van der Waals surface area (Å²) in [5.74, 6) is 0.738. The van der Waals surface area contributed by atoms with Gasteiger partial charge in [-0.3, -0.25) is 9.36 Å². The van der Waals surface area contributed by atoms with E-state index in [1.54, 1.807) is 18.0 Å². The molecule has 0 saturated carbocycles. The summed E-state index contributed by atoms with van der Waals surface area (Å²) in [6.07, 6.45) is 2.34.